The molecule has 8 nitrogen and oxygen atoms in total. The van der Waals surface area contributed by atoms with E-state index in [4.69, 9.17) is 4.74 Å². The van der Waals surface area contributed by atoms with E-state index in [-0.39, 0.29) is 12.1 Å². The summed E-state index contributed by atoms with van der Waals surface area (Å²) in [5.74, 6) is -1.55. The Bertz CT molecular complexity index is 933. The number of nitrogens with zero attached hydrogens (tertiary/aromatic N) is 3. The molecule has 1 unspecified atom stereocenters. The number of carbonyl (C=O) groups is 2. The number of hydrogen-bond donors (Lipinski definition) is 2. The van der Waals surface area contributed by atoms with E-state index in [1.54, 1.807) is 25.4 Å². The number of rotatable bonds is 5. The monoisotopic (exact) mass is 345 g/mol. The molecule has 0 bridgehead atoms. The molecule has 0 radical (unpaired) electrons. The minimum absolute atomic E-state index is 0.102. The molecule has 3 rings (SSSR count). The number of methoxy groups -OCH3 is 1. The number of aromatic nitrogens is 4. The second-order valence-corrected chi connectivity index (χ2v) is 5.49. The van der Waals surface area contributed by atoms with Crippen LogP contribution in [0.25, 0.3) is 10.9 Å². The van der Waals surface area contributed by atoms with Gasteiger partial charge >= 0.3 is 5.97 Å². The van der Waals surface area contributed by atoms with E-state index in [0.717, 1.165) is 0 Å². The minimum atomic E-state index is -1.08. The van der Waals surface area contributed by atoms with Crippen LogP contribution >= 0.6 is 0 Å². The quantitative estimate of drug-likeness (QED) is 0.672. The van der Waals surface area contributed by atoms with Crippen LogP contribution in [0, 0.1) is 5.82 Å². The van der Waals surface area contributed by atoms with Gasteiger partial charge in [0, 0.05) is 24.1 Å². The Morgan fingerprint density at radius 1 is 1.44 bits per heavy atom. The summed E-state index contributed by atoms with van der Waals surface area (Å²) >= 11 is 0. The van der Waals surface area contributed by atoms with Crippen LogP contribution in [-0.4, -0.2) is 39.0 Å². The maximum atomic E-state index is 14.0. The van der Waals surface area contributed by atoms with Crippen LogP contribution in [0.15, 0.2) is 30.6 Å². The summed E-state index contributed by atoms with van der Waals surface area (Å²) in [6.07, 6.45) is 2.98. The first-order valence-electron chi connectivity index (χ1n) is 7.47. The highest BCUT2D eigenvalue weighted by atomic mass is 19.1. The Labute approximate surface area is 142 Å². The number of halogens is 1. The standard InChI is InChI=1S/C16H16FN5O3/c1-22-8-12(20-21-22)15(16(24)25-2)19-13(23)6-9-7-18-11-5-3-4-10(17)14(9)11/h3-5,7-8,15,18H,6H2,1-2H3,(H,19,23). The third-order valence-corrected chi connectivity index (χ3v) is 3.75. The number of benzene rings is 1. The van der Waals surface area contributed by atoms with Crippen molar-refractivity contribution >= 4 is 22.8 Å². The van der Waals surface area contributed by atoms with Crippen LogP contribution in [0.4, 0.5) is 4.39 Å². The molecule has 9 heteroatoms. The van der Waals surface area contributed by atoms with Crippen molar-refractivity contribution in [3.63, 3.8) is 0 Å². The largest absolute Gasteiger partial charge is 0.467 e. The van der Waals surface area contributed by atoms with Gasteiger partial charge in [0.15, 0.2) is 6.04 Å². The van der Waals surface area contributed by atoms with E-state index in [9.17, 15) is 14.0 Å². The van der Waals surface area contributed by atoms with E-state index >= 15 is 0 Å². The lowest BCUT2D eigenvalue weighted by Crippen LogP contribution is -2.35. The summed E-state index contributed by atoms with van der Waals surface area (Å²) in [7, 11) is 2.86. The van der Waals surface area contributed by atoms with E-state index in [1.807, 2.05) is 0 Å². The smallest absolute Gasteiger partial charge is 0.334 e. The highest BCUT2D eigenvalue weighted by molar-refractivity contribution is 5.91. The summed E-state index contributed by atoms with van der Waals surface area (Å²) < 4.78 is 20.1. The molecule has 0 saturated carbocycles. The number of H-pyrrole nitrogens is 1. The maximum absolute atomic E-state index is 14.0. The highest BCUT2D eigenvalue weighted by Gasteiger charge is 2.27. The van der Waals surface area contributed by atoms with Gasteiger partial charge < -0.3 is 15.0 Å². The van der Waals surface area contributed by atoms with Gasteiger partial charge in [-0.15, -0.1) is 5.10 Å². The van der Waals surface area contributed by atoms with E-state index in [0.29, 0.717) is 16.5 Å². The Kier molecular flexibility index (Phi) is 4.46. The highest BCUT2D eigenvalue weighted by Crippen LogP contribution is 2.22. The number of amides is 1. The van der Waals surface area contributed by atoms with Crippen LogP contribution in [0.3, 0.4) is 0 Å². The van der Waals surface area contributed by atoms with Crippen LogP contribution in [0.5, 0.6) is 0 Å². The summed E-state index contributed by atoms with van der Waals surface area (Å²) in [6, 6.07) is 3.55. The Balaban J connectivity index is 1.80. The van der Waals surface area contributed by atoms with Crippen molar-refractivity contribution in [3.8, 4) is 0 Å². The van der Waals surface area contributed by atoms with Crippen molar-refractivity contribution in [1.29, 1.82) is 0 Å². The normalized spacial score (nSPS) is 12.1. The Morgan fingerprint density at radius 3 is 2.92 bits per heavy atom. The van der Waals surface area contributed by atoms with Crippen molar-refractivity contribution < 1.29 is 18.7 Å². The second-order valence-electron chi connectivity index (χ2n) is 5.49. The molecule has 0 aliphatic rings. The number of aryl methyl sites for hydroxylation is 1. The number of hydrogen-bond acceptors (Lipinski definition) is 5. The molecule has 2 heterocycles. The average molecular weight is 345 g/mol. The molecule has 0 saturated heterocycles. The van der Waals surface area contributed by atoms with Gasteiger partial charge in [-0.3, -0.25) is 9.48 Å². The summed E-state index contributed by atoms with van der Waals surface area (Å²) in [4.78, 5) is 27.2. The molecule has 2 N–H and O–H groups in total. The molecule has 0 aliphatic carbocycles. The lowest BCUT2D eigenvalue weighted by atomic mass is 10.1. The molecule has 0 spiro atoms. The SMILES string of the molecule is COC(=O)C(NC(=O)Cc1c[nH]c2cccc(F)c12)c1cn(C)nn1. The van der Waals surface area contributed by atoms with Gasteiger partial charge in [-0.25, -0.2) is 9.18 Å². The molecule has 0 aliphatic heterocycles. The fraction of sp³-hybridized carbons (Fsp3) is 0.250. The maximum Gasteiger partial charge on any atom is 0.334 e. The Hall–Kier alpha value is -3.23. The van der Waals surface area contributed by atoms with Gasteiger partial charge in [0.25, 0.3) is 0 Å². The summed E-state index contributed by atoms with van der Waals surface area (Å²) in [6.45, 7) is 0. The fourth-order valence-electron chi connectivity index (χ4n) is 2.60. The van der Waals surface area contributed by atoms with Crippen molar-refractivity contribution in [2.45, 2.75) is 12.5 Å². The summed E-state index contributed by atoms with van der Waals surface area (Å²) in [5, 5.41) is 10.5. The van der Waals surface area contributed by atoms with Crippen molar-refractivity contribution in [2.24, 2.45) is 7.05 Å². The molecule has 25 heavy (non-hydrogen) atoms. The topological polar surface area (TPSA) is 102 Å². The van der Waals surface area contributed by atoms with E-state index in [2.05, 4.69) is 20.6 Å². The fourth-order valence-corrected chi connectivity index (χ4v) is 2.60. The number of nitrogens with one attached hydrogen (secondary N) is 2. The molecule has 1 amide bonds. The molecule has 2 aromatic heterocycles. The average Bonchev–Trinajstić information content (AvgIpc) is 3.19. The third-order valence-electron chi connectivity index (χ3n) is 3.75. The van der Waals surface area contributed by atoms with Crippen LogP contribution in [0.2, 0.25) is 0 Å². The predicted octanol–water partition coefficient (Wildman–Crippen LogP) is 1.01. The van der Waals surface area contributed by atoms with Gasteiger partial charge in [-0.1, -0.05) is 11.3 Å². The Morgan fingerprint density at radius 2 is 2.24 bits per heavy atom. The van der Waals surface area contributed by atoms with Gasteiger partial charge in [-0.05, 0) is 17.7 Å². The molecule has 1 atom stereocenters. The van der Waals surface area contributed by atoms with Crippen molar-refractivity contribution in [3.05, 3.63) is 47.7 Å². The first-order chi connectivity index (χ1) is 12.0. The van der Waals surface area contributed by atoms with Crippen molar-refractivity contribution in [1.82, 2.24) is 25.3 Å². The molecular weight excluding hydrogens is 329 g/mol. The number of ether oxygens (including phenoxy) is 1. The van der Waals surface area contributed by atoms with Gasteiger partial charge in [0.05, 0.1) is 19.7 Å². The predicted molar refractivity (Wildman–Crippen MR) is 85.9 cm³/mol. The molecule has 3 aromatic rings. The number of fused-ring (bicyclic) bond motifs is 1. The van der Waals surface area contributed by atoms with Crippen molar-refractivity contribution in [2.75, 3.05) is 7.11 Å². The van der Waals surface area contributed by atoms with Crippen LogP contribution < -0.4 is 5.32 Å². The lowest BCUT2D eigenvalue weighted by molar-refractivity contribution is -0.145. The molecular formula is C16H16FN5O3. The number of aromatic amines is 1. The van der Waals surface area contributed by atoms with Gasteiger partial charge in [0.1, 0.15) is 11.5 Å². The molecule has 130 valence electrons. The number of esters is 1. The van der Waals surface area contributed by atoms with Crippen LogP contribution in [0.1, 0.15) is 17.3 Å². The third kappa shape index (κ3) is 3.35. The lowest BCUT2D eigenvalue weighted by Gasteiger charge is -2.13. The summed E-state index contributed by atoms with van der Waals surface area (Å²) in [5.41, 5.74) is 1.35. The van der Waals surface area contributed by atoms with E-state index in [1.165, 1.54) is 24.1 Å². The second kappa shape index (κ2) is 6.71. The van der Waals surface area contributed by atoms with Crippen LogP contribution in [-0.2, 0) is 27.8 Å². The van der Waals surface area contributed by atoms with Gasteiger partial charge in [-0.2, -0.15) is 0 Å². The molecule has 0 fully saturated rings. The van der Waals surface area contributed by atoms with Gasteiger partial charge in [0.2, 0.25) is 5.91 Å². The zero-order valence-corrected chi connectivity index (χ0v) is 13.6. The number of carbonyl (C=O) groups excluding carboxylic acids is 2. The minimum Gasteiger partial charge on any atom is -0.467 e. The zero-order valence-electron chi connectivity index (χ0n) is 13.6. The first kappa shape index (κ1) is 16.6. The zero-order chi connectivity index (χ0) is 18.0. The first-order valence-corrected chi connectivity index (χ1v) is 7.47. The van der Waals surface area contributed by atoms with E-state index < -0.39 is 23.7 Å². The molecule has 1 aromatic carbocycles.